The maximum atomic E-state index is 12.2. The molecule has 18 heteroatoms. The summed E-state index contributed by atoms with van der Waals surface area (Å²) in [6, 6.07) is 0. The molecule has 0 saturated heterocycles. The van der Waals surface area contributed by atoms with Gasteiger partial charge in [0.15, 0.2) is 12.2 Å². The quantitative estimate of drug-likeness (QED) is 0.109. The summed E-state index contributed by atoms with van der Waals surface area (Å²) in [5.41, 5.74) is 0. The molecule has 0 heterocycles. The SMILES string of the molecule is CC(=O)NCCNC(=O)C(OS(=O)(=O)O)C(OS(=O)(=O)O)C(=O)NCCNC(C)=O. The van der Waals surface area contributed by atoms with Gasteiger partial charge in [-0.05, 0) is 0 Å². The minimum atomic E-state index is -5.41. The van der Waals surface area contributed by atoms with Crippen LogP contribution in [0.5, 0.6) is 0 Å². The smallest absolute Gasteiger partial charge is 0.355 e. The summed E-state index contributed by atoms with van der Waals surface area (Å²) in [4.78, 5) is 46.0. The van der Waals surface area contributed by atoms with Crippen molar-refractivity contribution in [3.63, 3.8) is 0 Å². The molecule has 0 saturated carbocycles. The lowest BCUT2D eigenvalue weighted by Crippen LogP contribution is -2.54. The van der Waals surface area contributed by atoms with E-state index in [4.69, 9.17) is 9.11 Å². The zero-order valence-corrected chi connectivity index (χ0v) is 17.4. The Balaban J connectivity index is 5.51. The Morgan fingerprint density at radius 1 is 0.667 bits per heavy atom. The molecule has 2 atom stereocenters. The molecule has 174 valence electrons. The number of hydrogen-bond acceptors (Lipinski definition) is 10. The summed E-state index contributed by atoms with van der Waals surface area (Å²) in [5.74, 6) is -3.80. The molecule has 0 spiro atoms. The average Bonchev–Trinajstić information content (AvgIpc) is 2.56. The van der Waals surface area contributed by atoms with E-state index in [1.807, 2.05) is 10.6 Å². The van der Waals surface area contributed by atoms with Crippen molar-refractivity contribution in [2.75, 3.05) is 26.2 Å². The fraction of sp³-hybridized carbons (Fsp3) is 0.667. The van der Waals surface area contributed by atoms with Gasteiger partial charge in [0.1, 0.15) is 0 Å². The first-order chi connectivity index (χ1) is 13.6. The van der Waals surface area contributed by atoms with E-state index in [9.17, 15) is 36.0 Å². The van der Waals surface area contributed by atoms with Crippen molar-refractivity contribution < 1.29 is 53.5 Å². The van der Waals surface area contributed by atoms with E-state index < -0.39 is 56.6 Å². The first-order valence-electron chi connectivity index (χ1n) is 7.98. The van der Waals surface area contributed by atoms with Gasteiger partial charge in [-0.1, -0.05) is 0 Å². The average molecular weight is 478 g/mol. The summed E-state index contributed by atoms with van der Waals surface area (Å²) < 4.78 is 70.0. The molecule has 6 N–H and O–H groups in total. The van der Waals surface area contributed by atoms with Crippen LogP contribution in [0.3, 0.4) is 0 Å². The molecule has 4 amide bonds. The van der Waals surface area contributed by atoms with Crippen LogP contribution in [0.1, 0.15) is 13.8 Å². The van der Waals surface area contributed by atoms with Crippen LogP contribution in [0.25, 0.3) is 0 Å². The Morgan fingerprint density at radius 2 is 0.933 bits per heavy atom. The molecular weight excluding hydrogens is 456 g/mol. The Morgan fingerprint density at radius 3 is 1.17 bits per heavy atom. The van der Waals surface area contributed by atoms with Crippen molar-refractivity contribution >= 4 is 44.4 Å². The molecule has 0 aliphatic carbocycles. The second-order valence-corrected chi connectivity index (χ2v) is 7.53. The maximum Gasteiger partial charge on any atom is 0.398 e. The van der Waals surface area contributed by atoms with Crippen LogP contribution in [0.15, 0.2) is 0 Å². The number of amides is 4. The summed E-state index contributed by atoms with van der Waals surface area (Å²) in [5, 5.41) is 8.59. The van der Waals surface area contributed by atoms with Gasteiger partial charge < -0.3 is 21.3 Å². The Kier molecular flexibility index (Phi) is 11.4. The van der Waals surface area contributed by atoms with Gasteiger partial charge in [-0.25, -0.2) is 8.37 Å². The second-order valence-electron chi connectivity index (χ2n) is 5.44. The summed E-state index contributed by atoms with van der Waals surface area (Å²) in [6.07, 6.45) is -5.19. The van der Waals surface area contributed by atoms with E-state index in [1.165, 1.54) is 13.8 Å². The minimum absolute atomic E-state index is 0.133. The lowest BCUT2D eigenvalue weighted by molar-refractivity contribution is -0.142. The molecule has 0 aromatic carbocycles. The zero-order valence-electron chi connectivity index (χ0n) is 15.8. The summed E-state index contributed by atoms with van der Waals surface area (Å²) in [6.45, 7) is 1.46. The van der Waals surface area contributed by atoms with Gasteiger partial charge in [-0.3, -0.25) is 28.3 Å². The molecule has 0 aromatic heterocycles. The van der Waals surface area contributed by atoms with Gasteiger partial charge in [0.2, 0.25) is 11.8 Å². The van der Waals surface area contributed by atoms with E-state index in [1.54, 1.807) is 0 Å². The van der Waals surface area contributed by atoms with Gasteiger partial charge in [-0.2, -0.15) is 16.8 Å². The fourth-order valence-corrected chi connectivity index (χ4v) is 2.68. The monoisotopic (exact) mass is 478 g/mol. The second kappa shape index (κ2) is 12.3. The molecule has 0 rings (SSSR count). The summed E-state index contributed by atoms with van der Waals surface area (Å²) >= 11 is 0. The Labute approximate surface area is 172 Å². The van der Waals surface area contributed by atoms with Gasteiger partial charge in [-0.15, -0.1) is 0 Å². The molecule has 0 bridgehead atoms. The fourth-order valence-electron chi connectivity index (χ4n) is 1.77. The van der Waals surface area contributed by atoms with E-state index in [0.717, 1.165) is 0 Å². The van der Waals surface area contributed by atoms with Crippen LogP contribution in [0, 0.1) is 0 Å². The molecule has 30 heavy (non-hydrogen) atoms. The molecule has 0 aliphatic rings. The maximum absolute atomic E-state index is 12.2. The highest BCUT2D eigenvalue weighted by Crippen LogP contribution is 2.11. The molecule has 0 radical (unpaired) electrons. The van der Waals surface area contributed by atoms with E-state index in [2.05, 4.69) is 19.0 Å². The third-order valence-corrected chi connectivity index (χ3v) is 3.74. The highest BCUT2D eigenvalue weighted by molar-refractivity contribution is 7.81. The van der Waals surface area contributed by atoms with Crippen molar-refractivity contribution in [2.24, 2.45) is 0 Å². The van der Waals surface area contributed by atoms with Crippen LogP contribution in [-0.2, 0) is 48.3 Å². The zero-order chi connectivity index (χ0) is 23.5. The van der Waals surface area contributed by atoms with Crippen LogP contribution in [-0.4, -0.2) is 88.0 Å². The normalized spacial score (nSPS) is 13.6. The number of carbonyl (C=O) groups excluding carboxylic acids is 4. The molecule has 0 fully saturated rings. The van der Waals surface area contributed by atoms with E-state index in [-0.39, 0.29) is 26.2 Å². The lowest BCUT2D eigenvalue weighted by Gasteiger charge is -2.23. The standard InChI is InChI=1S/C12H22N4O12S2/c1-7(17)13-3-5-15-11(19)9(27-29(21,22)23)10(28-30(24,25)26)12(20)16-6-4-14-8(2)18/h9-10H,3-6H2,1-2H3,(H,13,17)(H,14,18)(H,15,19)(H,16,20)(H,21,22,23)(H,24,25,26). The van der Waals surface area contributed by atoms with Crippen molar-refractivity contribution in [2.45, 2.75) is 26.1 Å². The largest absolute Gasteiger partial charge is 0.398 e. The van der Waals surface area contributed by atoms with Crippen LogP contribution in [0.4, 0.5) is 0 Å². The van der Waals surface area contributed by atoms with Gasteiger partial charge in [0.05, 0.1) is 0 Å². The van der Waals surface area contributed by atoms with Crippen LogP contribution < -0.4 is 21.3 Å². The van der Waals surface area contributed by atoms with Gasteiger partial charge in [0.25, 0.3) is 11.8 Å². The lowest BCUT2D eigenvalue weighted by atomic mass is 10.1. The molecule has 0 aliphatic heterocycles. The number of hydrogen-bond donors (Lipinski definition) is 6. The molecule has 2 unspecified atom stereocenters. The number of rotatable bonds is 13. The number of carbonyl (C=O) groups is 4. The summed E-state index contributed by atoms with van der Waals surface area (Å²) in [7, 11) is -10.8. The third-order valence-electron chi connectivity index (χ3n) is 2.84. The van der Waals surface area contributed by atoms with E-state index in [0.29, 0.717) is 0 Å². The van der Waals surface area contributed by atoms with Crippen molar-refractivity contribution in [3.8, 4) is 0 Å². The predicted molar refractivity (Wildman–Crippen MR) is 96.2 cm³/mol. The van der Waals surface area contributed by atoms with Crippen molar-refractivity contribution in [1.82, 2.24) is 21.3 Å². The molecular formula is C12H22N4O12S2. The third kappa shape index (κ3) is 13.7. The minimum Gasteiger partial charge on any atom is -0.355 e. The molecule has 16 nitrogen and oxygen atoms in total. The van der Waals surface area contributed by atoms with Crippen LogP contribution >= 0.6 is 0 Å². The van der Waals surface area contributed by atoms with Gasteiger partial charge in [0, 0.05) is 40.0 Å². The topological polar surface area (TPSA) is 244 Å². The first-order valence-corrected chi connectivity index (χ1v) is 10.7. The Bertz CT molecular complexity index is 771. The van der Waals surface area contributed by atoms with Crippen LogP contribution in [0.2, 0.25) is 0 Å². The first kappa shape index (κ1) is 27.6. The van der Waals surface area contributed by atoms with Crippen molar-refractivity contribution in [1.29, 1.82) is 0 Å². The van der Waals surface area contributed by atoms with Gasteiger partial charge >= 0.3 is 20.8 Å². The molecule has 0 aromatic rings. The van der Waals surface area contributed by atoms with Crippen molar-refractivity contribution in [3.05, 3.63) is 0 Å². The highest BCUT2D eigenvalue weighted by atomic mass is 32.3. The van der Waals surface area contributed by atoms with E-state index >= 15 is 0 Å². The number of nitrogens with one attached hydrogen (secondary N) is 4. The highest BCUT2D eigenvalue weighted by Gasteiger charge is 2.41. The predicted octanol–water partition coefficient (Wildman–Crippen LogP) is -4.13. The Hall–Kier alpha value is -2.38.